The molecule has 26 heavy (non-hydrogen) atoms. The summed E-state index contributed by atoms with van der Waals surface area (Å²) in [5.41, 5.74) is 0.346. The maximum atomic E-state index is 12.3. The van der Waals surface area contributed by atoms with E-state index >= 15 is 0 Å². The number of nitrogens with one attached hydrogen (secondary N) is 1. The van der Waals surface area contributed by atoms with Gasteiger partial charge in [-0.15, -0.1) is 16.4 Å². The molecule has 0 radical (unpaired) electrons. The average Bonchev–Trinajstić information content (AvgIpc) is 3.25. The van der Waals surface area contributed by atoms with Gasteiger partial charge in [0.05, 0.1) is 29.8 Å². The van der Waals surface area contributed by atoms with Gasteiger partial charge in [0.25, 0.3) is 5.89 Å². The lowest BCUT2D eigenvalue weighted by Crippen LogP contribution is -2.26. The summed E-state index contributed by atoms with van der Waals surface area (Å²) in [5, 5.41) is 8.80. The Hall–Kier alpha value is -2.78. The number of hydrogen-bond acceptors (Lipinski definition) is 7. The molecule has 8 nitrogen and oxygen atoms in total. The summed E-state index contributed by atoms with van der Waals surface area (Å²) < 4.78 is 16.3. The average molecular weight is 396 g/mol. The van der Waals surface area contributed by atoms with E-state index in [-0.39, 0.29) is 12.4 Å². The molecule has 0 bridgehead atoms. The highest BCUT2D eigenvalue weighted by Crippen LogP contribution is 2.35. The van der Waals surface area contributed by atoms with Crippen molar-refractivity contribution in [3.8, 4) is 22.3 Å². The number of anilines is 1. The number of amides is 1. The van der Waals surface area contributed by atoms with Crippen LogP contribution in [0.4, 0.5) is 5.69 Å². The molecule has 1 amide bonds. The third kappa shape index (κ3) is 3.73. The number of benzene rings is 1. The fraction of sp³-hybridized carbons (Fsp3) is 0.188. The van der Waals surface area contributed by atoms with Crippen molar-refractivity contribution in [2.24, 2.45) is 0 Å². The van der Waals surface area contributed by atoms with Crippen LogP contribution < -0.4 is 20.5 Å². The molecule has 0 fully saturated rings. The predicted molar refractivity (Wildman–Crippen MR) is 97.3 cm³/mol. The van der Waals surface area contributed by atoms with Crippen molar-refractivity contribution in [1.29, 1.82) is 0 Å². The lowest BCUT2D eigenvalue weighted by Gasteiger charge is -2.12. The lowest BCUT2D eigenvalue weighted by molar-refractivity contribution is -0.117. The topological polar surface area (TPSA) is 95.6 Å². The Morgan fingerprint density at radius 3 is 2.77 bits per heavy atom. The van der Waals surface area contributed by atoms with Gasteiger partial charge < -0.3 is 19.2 Å². The molecular formula is C16H14ClN3O5S. The van der Waals surface area contributed by atoms with Crippen molar-refractivity contribution in [2.75, 3.05) is 19.5 Å². The number of carbonyl (C=O) groups is 1. The zero-order valence-corrected chi connectivity index (χ0v) is 15.4. The number of thiophene rings is 1. The van der Waals surface area contributed by atoms with Crippen LogP contribution in [0, 0.1) is 0 Å². The van der Waals surface area contributed by atoms with E-state index in [4.69, 9.17) is 25.5 Å². The molecule has 0 aliphatic carbocycles. The Labute approximate surface area is 156 Å². The molecule has 0 aliphatic heterocycles. The van der Waals surface area contributed by atoms with Gasteiger partial charge in [-0.3, -0.25) is 4.79 Å². The molecule has 1 N–H and O–H groups in total. The fourth-order valence-electron chi connectivity index (χ4n) is 2.19. The minimum atomic E-state index is -0.719. The van der Waals surface area contributed by atoms with Crippen LogP contribution in [-0.2, 0) is 11.3 Å². The molecule has 136 valence electrons. The van der Waals surface area contributed by atoms with Gasteiger partial charge in [-0.1, -0.05) is 17.7 Å². The highest BCUT2D eigenvalue weighted by Gasteiger charge is 2.16. The minimum Gasteiger partial charge on any atom is -0.495 e. The summed E-state index contributed by atoms with van der Waals surface area (Å²) in [6, 6.07) is 6.63. The van der Waals surface area contributed by atoms with Gasteiger partial charge in [-0.05, 0) is 17.5 Å². The lowest BCUT2D eigenvalue weighted by atomic mass is 10.2. The van der Waals surface area contributed by atoms with Gasteiger partial charge in [-0.25, -0.2) is 4.79 Å². The molecular weight excluding hydrogens is 382 g/mol. The summed E-state index contributed by atoms with van der Waals surface area (Å²) in [5.74, 6) is -0.259. The molecule has 3 rings (SSSR count). The number of hydrogen-bond donors (Lipinski definition) is 1. The number of aromatic nitrogens is 2. The van der Waals surface area contributed by atoms with Gasteiger partial charge >= 0.3 is 5.76 Å². The van der Waals surface area contributed by atoms with Crippen LogP contribution in [0.5, 0.6) is 11.5 Å². The van der Waals surface area contributed by atoms with Crippen LogP contribution in [0.15, 0.2) is 38.9 Å². The van der Waals surface area contributed by atoms with Gasteiger partial charge in [0.2, 0.25) is 5.91 Å². The molecule has 1 aromatic carbocycles. The highest BCUT2D eigenvalue weighted by molar-refractivity contribution is 7.13. The SMILES string of the molecule is COc1cc(OC)c(NC(=O)Cn2nc(-c3cccs3)oc2=O)cc1Cl. The van der Waals surface area contributed by atoms with E-state index < -0.39 is 11.7 Å². The van der Waals surface area contributed by atoms with Crippen molar-refractivity contribution in [3.63, 3.8) is 0 Å². The van der Waals surface area contributed by atoms with Gasteiger partial charge in [0.15, 0.2) is 0 Å². The summed E-state index contributed by atoms with van der Waals surface area (Å²) in [6.07, 6.45) is 0. The van der Waals surface area contributed by atoms with Crippen molar-refractivity contribution >= 4 is 34.5 Å². The predicted octanol–water partition coefficient (Wildman–Crippen LogP) is 2.87. The van der Waals surface area contributed by atoms with Crippen LogP contribution in [0.1, 0.15) is 0 Å². The van der Waals surface area contributed by atoms with Gasteiger partial charge in [0, 0.05) is 6.07 Å². The van der Waals surface area contributed by atoms with Crippen LogP contribution in [0.25, 0.3) is 10.8 Å². The first kappa shape index (κ1) is 18.0. The minimum absolute atomic E-state index is 0.169. The Balaban J connectivity index is 1.78. The third-order valence-corrected chi connectivity index (χ3v) is 4.53. The Morgan fingerprint density at radius 1 is 1.35 bits per heavy atom. The standard InChI is InChI=1S/C16H14ClN3O5S/c1-23-11-7-12(24-2)10(6-9(11)17)18-14(21)8-20-16(22)25-15(19-20)13-4-3-5-26-13/h3-7H,8H2,1-2H3,(H,18,21). The molecule has 2 heterocycles. The quantitative estimate of drug-likeness (QED) is 0.689. The second kappa shape index (κ2) is 7.63. The van der Waals surface area contributed by atoms with E-state index in [1.165, 1.54) is 31.6 Å². The van der Waals surface area contributed by atoms with E-state index in [9.17, 15) is 9.59 Å². The van der Waals surface area contributed by atoms with Crippen LogP contribution in [-0.4, -0.2) is 29.9 Å². The molecule has 0 aliphatic rings. The number of carbonyl (C=O) groups excluding carboxylic acids is 1. The van der Waals surface area contributed by atoms with E-state index in [0.29, 0.717) is 27.1 Å². The van der Waals surface area contributed by atoms with Crippen molar-refractivity contribution in [2.45, 2.75) is 6.54 Å². The number of ether oxygens (including phenoxy) is 2. The highest BCUT2D eigenvalue weighted by atomic mass is 35.5. The maximum absolute atomic E-state index is 12.3. The molecule has 0 saturated heterocycles. The first-order valence-electron chi connectivity index (χ1n) is 7.35. The van der Waals surface area contributed by atoms with Crippen molar-refractivity contribution < 1.29 is 18.7 Å². The summed E-state index contributed by atoms with van der Waals surface area (Å²) in [4.78, 5) is 24.9. The second-order valence-corrected chi connectivity index (χ2v) is 6.40. The maximum Gasteiger partial charge on any atom is 0.437 e. The number of methoxy groups -OCH3 is 2. The summed E-state index contributed by atoms with van der Waals surface area (Å²) in [6.45, 7) is -0.319. The zero-order valence-electron chi connectivity index (χ0n) is 13.8. The molecule has 0 spiro atoms. The third-order valence-electron chi connectivity index (χ3n) is 3.38. The van der Waals surface area contributed by atoms with E-state index in [1.54, 1.807) is 12.1 Å². The fourth-order valence-corrected chi connectivity index (χ4v) is 3.07. The molecule has 0 saturated carbocycles. The second-order valence-electron chi connectivity index (χ2n) is 5.04. The van der Waals surface area contributed by atoms with Crippen molar-refractivity contribution in [1.82, 2.24) is 9.78 Å². The Bertz CT molecular complexity index is 980. The van der Waals surface area contributed by atoms with E-state index in [1.807, 2.05) is 11.4 Å². The van der Waals surface area contributed by atoms with E-state index in [2.05, 4.69) is 10.4 Å². The first-order chi connectivity index (χ1) is 12.5. The van der Waals surface area contributed by atoms with Gasteiger partial charge in [-0.2, -0.15) is 4.68 Å². The summed E-state index contributed by atoms with van der Waals surface area (Å²) in [7, 11) is 2.93. The Kier molecular flexibility index (Phi) is 5.29. The molecule has 0 atom stereocenters. The summed E-state index contributed by atoms with van der Waals surface area (Å²) >= 11 is 7.45. The largest absolute Gasteiger partial charge is 0.495 e. The number of nitrogens with zero attached hydrogens (tertiary/aromatic N) is 2. The molecule has 2 aromatic heterocycles. The van der Waals surface area contributed by atoms with Crippen LogP contribution in [0.2, 0.25) is 5.02 Å². The number of rotatable bonds is 6. The molecule has 0 unspecified atom stereocenters. The number of halogens is 1. The smallest absolute Gasteiger partial charge is 0.437 e. The Morgan fingerprint density at radius 2 is 2.12 bits per heavy atom. The van der Waals surface area contributed by atoms with Gasteiger partial charge in [0.1, 0.15) is 18.0 Å². The normalized spacial score (nSPS) is 10.6. The van der Waals surface area contributed by atoms with Crippen molar-refractivity contribution in [3.05, 3.63) is 45.2 Å². The molecule has 10 heteroatoms. The zero-order chi connectivity index (χ0) is 18.7. The molecule has 3 aromatic rings. The first-order valence-corrected chi connectivity index (χ1v) is 8.60. The van der Waals surface area contributed by atoms with Crippen LogP contribution in [0.3, 0.4) is 0 Å². The van der Waals surface area contributed by atoms with Crippen LogP contribution >= 0.6 is 22.9 Å². The monoisotopic (exact) mass is 395 g/mol. The van der Waals surface area contributed by atoms with E-state index in [0.717, 1.165) is 4.68 Å².